The number of nitrogens with zero attached hydrogens (tertiary/aromatic N) is 1. The number of thioether (sulfide) groups is 1. The van der Waals surface area contributed by atoms with Crippen LogP contribution in [0.25, 0.3) is 0 Å². The van der Waals surface area contributed by atoms with Gasteiger partial charge in [0.25, 0.3) is 0 Å². The van der Waals surface area contributed by atoms with E-state index in [1.54, 1.807) is 7.05 Å². The Labute approximate surface area is 139 Å². The fourth-order valence-electron chi connectivity index (χ4n) is 1.89. The van der Waals surface area contributed by atoms with Gasteiger partial charge in [0.2, 0.25) is 0 Å². The number of nitrogens with one attached hydrogen (secondary N) is 2. The highest BCUT2D eigenvalue weighted by atomic mass is 32.2. The van der Waals surface area contributed by atoms with Gasteiger partial charge in [-0.25, -0.2) is 0 Å². The van der Waals surface area contributed by atoms with E-state index in [4.69, 9.17) is 4.74 Å². The van der Waals surface area contributed by atoms with Gasteiger partial charge in [-0.3, -0.25) is 4.99 Å². The van der Waals surface area contributed by atoms with E-state index in [1.807, 2.05) is 11.8 Å². The number of benzene rings is 1. The van der Waals surface area contributed by atoms with Gasteiger partial charge >= 0.3 is 0 Å². The predicted molar refractivity (Wildman–Crippen MR) is 98.1 cm³/mol. The van der Waals surface area contributed by atoms with Crippen LogP contribution >= 0.6 is 11.8 Å². The molecular formula is C17H29N3OS. The number of aryl methyl sites for hydroxylation is 1. The first kappa shape index (κ1) is 18.7. The molecule has 124 valence electrons. The van der Waals surface area contributed by atoms with Crippen molar-refractivity contribution in [2.45, 2.75) is 39.8 Å². The van der Waals surface area contributed by atoms with E-state index in [-0.39, 0.29) is 6.10 Å². The van der Waals surface area contributed by atoms with Gasteiger partial charge in [-0.15, -0.1) is 0 Å². The van der Waals surface area contributed by atoms with Crippen molar-refractivity contribution in [1.29, 1.82) is 0 Å². The van der Waals surface area contributed by atoms with E-state index >= 15 is 0 Å². The summed E-state index contributed by atoms with van der Waals surface area (Å²) in [5.41, 5.74) is 2.36. The lowest BCUT2D eigenvalue weighted by Crippen LogP contribution is -2.38. The van der Waals surface area contributed by atoms with Gasteiger partial charge in [0.15, 0.2) is 5.96 Å². The molecule has 0 fully saturated rings. The van der Waals surface area contributed by atoms with Crippen molar-refractivity contribution in [2.24, 2.45) is 4.99 Å². The minimum Gasteiger partial charge on any atom is -0.490 e. The molecule has 0 aliphatic carbocycles. The van der Waals surface area contributed by atoms with Crippen molar-refractivity contribution in [1.82, 2.24) is 10.6 Å². The maximum Gasteiger partial charge on any atom is 0.191 e. The second-order valence-corrected chi connectivity index (χ2v) is 6.28. The molecule has 4 nitrogen and oxygen atoms in total. The van der Waals surface area contributed by atoms with Gasteiger partial charge < -0.3 is 15.4 Å². The summed E-state index contributed by atoms with van der Waals surface area (Å²) in [6.45, 7) is 7.93. The maximum atomic E-state index is 6.04. The van der Waals surface area contributed by atoms with Crippen molar-refractivity contribution in [3.63, 3.8) is 0 Å². The fourth-order valence-corrected chi connectivity index (χ4v) is 2.19. The lowest BCUT2D eigenvalue weighted by molar-refractivity contribution is 0.215. The Bertz CT molecular complexity index is 477. The molecule has 22 heavy (non-hydrogen) atoms. The van der Waals surface area contributed by atoms with Crippen LogP contribution in [0.5, 0.6) is 5.75 Å². The average molecular weight is 324 g/mol. The molecular weight excluding hydrogens is 294 g/mol. The predicted octanol–water partition coefficient (Wildman–Crippen LogP) is 3.20. The minimum absolute atomic E-state index is 0.222. The highest BCUT2D eigenvalue weighted by Crippen LogP contribution is 2.22. The summed E-state index contributed by atoms with van der Waals surface area (Å²) in [6, 6.07) is 6.34. The topological polar surface area (TPSA) is 45.6 Å². The van der Waals surface area contributed by atoms with Gasteiger partial charge in [-0.05, 0) is 38.2 Å². The van der Waals surface area contributed by atoms with Crippen LogP contribution in [-0.2, 0) is 6.54 Å². The van der Waals surface area contributed by atoms with E-state index in [9.17, 15) is 0 Å². The number of aliphatic imine (C=N–C) groups is 1. The lowest BCUT2D eigenvalue weighted by Gasteiger charge is -2.18. The summed E-state index contributed by atoms with van der Waals surface area (Å²) in [5.74, 6) is 2.85. The van der Waals surface area contributed by atoms with Crippen LogP contribution in [0.2, 0.25) is 0 Å². The van der Waals surface area contributed by atoms with Crippen molar-refractivity contribution in [2.75, 3.05) is 25.6 Å². The molecule has 0 radical (unpaired) electrons. The van der Waals surface area contributed by atoms with E-state index in [2.05, 4.69) is 60.9 Å². The summed E-state index contributed by atoms with van der Waals surface area (Å²) >= 11 is 1.82. The SMILES string of the molecule is CCC(C)Oc1cc(C)ccc1CNC(=NC)NCCSC. The molecule has 0 amide bonds. The molecule has 0 bridgehead atoms. The minimum atomic E-state index is 0.222. The van der Waals surface area contributed by atoms with Crippen LogP contribution in [0.4, 0.5) is 0 Å². The monoisotopic (exact) mass is 323 g/mol. The largest absolute Gasteiger partial charge is 0.490 e. The first-order valence-electron chi connectivity index (χ1n) is 7.80. The molecule has 1 aromatic carbocycles. The Morgan fingerprint density at radius 3 is 2.77 bits per heavy atom. The van der Waals surface area contributed by atoms with E-state index < -0.39 is 0 Å². The van der Waals surface area contributed by atoms with Gasteiger partial charge in [-0.2, -0.15) is 11.8 Å². The van der Waals surface area contributed by atoms with Gasteiger partial charge in [0.05, 0.1) is 6.10 Å². The molecule has 2 N–H and O–H groups in total. The van der Waals surface area contributed by atoms with Crippen LogP contribution in [0.1, 0.15) is 31.4 Å². The van der Waals surface area contributed by atoms with Crippen molar-refractivity contribution < 1.29 is 4.74 Å². The van der Waals surface area contributed by atoms with Crippen LogP contribution < -0.4 is 15.4 Å². The molecule has 0 spiro atoms. The number of guanidine groups is 1. The van der Waals surface area contributed by atoms with Crippen molar-refractivity contribution in [3.8, 4) is 5.75 Å². The fraction of sp³-hybridized carbons (Fsp3) is 0.588. The highest BCUT2D eigenvalue weighted by molar-refractivity contribution is 7.98. The first-order chi connectivity index (χ1) is 10.6. The molecule has 0 heterocycles. The normalized spacial score (nSPS) is 12.9. The van der Waals surface area contributed by atoms with E-state index in [0.717, 1.165) is 36.0 Å². The maximum absolute atomic E-state index is 6.04. The van der Waals surface area contributed by atoms with E-state index in [0.29, 0.717) is 6.54 Å². The molecule has 0 aliphatic rings. The van der Waals surface area contributed by atoms with Crippen LogP contribution in [0, 0.1) is 6.92 Å². The Balaban J connectivity index is 2.67. The smallest absolute Gasteiger partial charge is 0.191 e. The quantitative estimate of drug-likeness (QED) is 0.438. The molecule has 0 aromatic heterocycles. The molecule has 0 saturated carbocycles. The Morgan fingerprint density at radius 2 is 2.14 bits per heavy atom. The molecule has 1 atom stereocenters. The lowest BCUT2D eigenvalue weighted by atomic mass is 10.1. The van der Waals surface area contributed by atoms with Gasteiger partial charge in [-0.1, -0.05) is 19.1 Å². The van der Waals surface area contributed by atoms with Gasteiger partial charge in [0.1, 0.15) is 5.75 Å². The number of hydrogen-bond acceptors (Lipinski definition) is 3. The number of rotatable bonds is 8. The third-order valence-corrected chi connectivity index (χ3v) is 4.01. The highest BCUT2D eigenvalue weighted by Gasteiger charge is 2.08. The third-order valence-electron chi connectivity index (χ3n) is 3.39. The van der Waals surface area contributed by atoms with E-state index in [1.165, 1.54) is 5.56 Å². The first-order valence-corrected chi connectivity index (χ1v) is 9.19. The summed E-state index contributed by atoms with van der Waals surface area (Å²) in [5, 5.41) is 6.65. The Hall–Kier alpha value is -1.36. The van der Waals surface area contributed by atoms with Crippen LogP contribution in [0.15, 0.2) is 23.2 Å². The zero-order valence-electron chi connectivity index (χ0n) is 14.4. The van der Waals surface area contributed by atoms with Crippen molar-refractivity contribution in [3.05, 3.63) is 29.3 Å². The summed E-state index contributed by atoms with van der Waals surface area (Å²) in [6.07, 6.45) is 3.32. The summed E-state index contributed by atoms with van der Waals surface area (Å²) < 4.78 is 6.04. The summed E-state index contributed by atoms with van der Waals surface area (Å²) in [7, 11) is 1.79. The Morgan fingerprint density at radius 1 is 1.36 bits per heavy atom. The molecule has 0 saturated heterocycles. The standard InChI is InChI=1S/C17H29N3OS/c1-6-14(3)21-16-11-13(2)7-8-15(16)12-20-17(18-4)19-9-10-22-5/h7-8,11,14H,6,9-10,12H2,1-5H3,(H2,18,19,20). The molecule has 0 aliphatic heterocycles. The Kier molecular flexibility index (Phi) is 8.82. The van der Waals surface area contributed by atoms with Crippen LogP contribution in [-0.4, -0.2) is 37.7 Å². The number of hydrogen-bond donors (Lipinski definition) is 2. The zero-order chi connectivity index (χ0) is 16.4. The average Bonchev–Trinajstić information content (AvgIpc) is 2.52. The van der Waals surface area contributed by atoms with Crippen molar-refractivity contribution >= 4 is 17.7 Å². The molecule has 1 rings (SSSR count). The molecule has 1 aromatic rings. The number of ether oxygens (including phenoxy) is 1. The van der Waals surface area contributed by atoms with Crippen LogP contribution in [0.3, 0.4) is 0 Å². The molecule has 5 heteroatoms. The second kappa shape index (κ2) is 10.4. The van der Waals surface area contributed by atoms with Gasteiger partial charge in [0, 0.05) is 31.5 Å². The third kappa shape index (κ3) is 6.60. The zero-order valence-corrected chi connectivity index (χ0v) is 15.2. The molecule has 1 unspecified atom stereocenters. The summed E-state index contributed by atoms with van der Waals surface area (Å²) in [4.78, 5) is 4.24. The second-order valence-electron chi connectivity index (χ2n) is 5.29.